The van der Waals surface area contributed by atoms with E-state index in [1.54, 1.807) is 0 Å². The van der Waals surface area contributed by atoms with E-state index in [9.17, 15) is 0 Å². The third-order valence-electron chi connectivity index (χ3n) is 2.32. The van der Waals surface area contributed by atoms with Crippen LogP contribution in [0, 0.1) is 0 Å². The number of nitrogens with two attached hydrogens (primary N) is 1. The van der Waals surface area contributed by atoms with Gasteiger partial charge in [-0.1, -0.05) is 39.3 Å². The fraction of sp³-hybridized carbons (Fsp3) is 0.571. The highest BCUT2D eigenvalue weighted by atomic mass is 14.8. The van der Waals surface area contributed by atoms with E-state index in [4.69, 9.17) is 5.73 Å². The molecule has 1 aromatic rings. The molecule has 0 heterocycles. The molecule has 0 fully saturated rings. The van der Waals surface area contributed by atoms with Gasteiger partial charge in [-0.25, -0.2) is 0 Å². The van der Waals surface area contributed by atoms with E-state index in [1.165, 1.54) is 24.9 Å². The maximum Gasteiger partial charge on any atom is 0.0316 e. The van der Waals surface area contributed by atoms with Gasteiger partial charge in [0.15, 0.2) is 0 Å². The smallest absolute Gasteiger partial charge is 0.0316 e. The third kappa shape index (κ3) is 8.30. The molecule has 0 aliphatic heterocycles. The second-order valence-electron chi connectivity index (χ2n) is 3.81. The van der Waals surface area contributed by atoms with Crippen molar-refractivity contribution in [2.45, 2.75) is 40.0 Å². The first-order valence-corrected chi connectivity index (χ1v) is 6.29. The Morgan fingerprint density at radius 3 is 2.38 bits per heavy atom. The lowest BCUT2D eigenvalue weighted by Crippen LogP contribution is -2.13. The number of anilines is 1. The molecule has 0 bridgehead atoms. The van der Waals surface area contributed by atoms with Crippen LogP contribution in [-0.4, -0.2) is 13.1 Å². The van der Waals surface area contributed by atoms with Gasteiger partial charge >= 0.3 is 0 Å². The highest BCUT2D eigenvalue weighted by Gasteiger charge is 1.86. The lowest BCUT2D eigenvalue weighted by Gasteiger charge is -1.95. The van der Waals surface area contributed by atoms with Gasteiger partial charge in [0.25, 0.3) is 0 Å². The van der Waals surface area contributed by atoms with Gasteiger partial charge in [-0.05, 0) is 43.6 Å². The quantitative estimate of drug-likeness (QED) is 0.593. The Balaban J connectivity index is 0.000000293. The summed E-state index contributed by atoms with van der Waals surface area (Å²) in [5.41, 5.74) is 7.69. The predicted octanol–water partition coefficient (Wildman–Crippen LogP) is 3.23. The molecule has 92 valence electrons. The largest absolute Gasteiger partial charge is 0.399 e. The highest BCUT2D eigenvalue weighted by molar-refractivity contribution is 5.40. The number of rotatable bonds is 5. The van der Waals surface area contributed by atoms with E-state index in [-0.39, 0.29) is 0 Å². The van der Waals surface area contributed by atoms with E-state index < -0.39 is 0 Å². The fourth-order valence-electron chi connectivity index (χ4n) is 1.29. The molecule has 0 amide bonds. The molecule has 1 rings (SSSR count). The summed E-state index contributed by atoms with van der Waals surface area (Å²) in [6.45, 7) is 8.76. The number of benzene rings is 1. The molecule has 0 saturated heterocycles. The minimum absolute atomic E-state index is 0.856. The maximum absolute atomic E-state index is 5.53. The lowest BCUT2D eigenvalue weighted by molar-refractivity contribution is 0.663. The zero-order chi connectivity index (χ0) is 12.2. The van der Waals surface area contributed by atoms with Crippen LogP contribution in [0.1, 0.15) is 39.2 Å². The molecule has 0 aromatic heterocycles. The Morgan fingerprint density at radius 2 is 1.94 bits per heavy atom. The number of nitrogen functional groups attached to an aromatic ring is 1. The van der Waals surface area contributed by atoms with E-state index in [0.29, 0.717) is 0 Å². The van der Waals surface area contributed by atoms with Crippen LogP contribution in [0.4, 0.5) is 5.69 Å². The van der Waals surface area contributed by atoms with Crippen molar-refractivity contribution in [2.75, 3.05) is 18.8 Å². The van der Waals surface area contributed by atoms with Crippen LogP contribution in [0.5, 0.6) is 0 Å². The molecular formula is C14H26N2. The average molecular weight is 222 g/mol. The summed E-state index contributed by atoms with van der Waals surface area (Å²) in [6.07, 6.45) is 3.67. The van der Waals surface area contributed by atoms with Gasteiger partial charge in [0.2, 0.25) is 0 Å². The lowest BCUT2D eigenvalue weighted by atomic mass is 10.1. The molecule has 0 atom stereocenters. The monoisotopic (exact) mass is 222 g/mol. The molecule has 2 heteroatoms. The standard InChI is InChI=1S/C8H11N.C6H15N/c1-2-7-4-3-5-8(9)6-7;1-3-5-6-7-4-2/h3-6H,2,9H2,1H3;7H,3-6H2,1-2H3. The van der Waals surface area contributed by atoms with Crippen molar-refractivity contribution in [3.63, 3.8) is 0 Å². The molecular weight excluding hydrogens is 196 g/mol. The minimum Gasteiger partial charge on any atom is -0.399 e. The maximum atomic E-state index is 5.53. The first-order chi connectivity index (χ1) is 7.74. The van der Waals surface area contributed by atoms with Gasteiger partial charge in [-0.3, -0.25) is 0 Å². The summed E-state index contributed by atoms with van der Waals surface area (Å²) in [5.74, 6) is 0. The van der Waals surface area contributed by atoms with Crippen molar-refractivity contribution >= 4 is 5.69 Å². The average Bonchev–Trinajstić information content (AvgIpc) is 2.31. The van der Waals surface area contributed by atoms with E-state index >= 15 is 0 Å². The molecule has 2 nitrogen and oxygen atoms in total. The summed E-state index contributed by atoms with van der Waals surface area (Å²) >= 11 is 0. The van der Waals surface area contributed by atoms with E-state index in [1.807, 2.05) is 18.2 Å². The SMILES string of the molecule is CCCCNCC.CCc1cccc(N)c1. The zero-order valence-electron chi connectivity index (χ0n) is 10.9. The third-order valence-corrected chi connectivity index (χ3v) is 2.32. The van der Waals surface area contributed by atoms with E-state index in [2.05, 4.69) is 32.2 Å². The summed E-state index contributed by atoms with van der Waals surface area (Å²) in [6, 6.07) is 7.96. The van der Waals surface area contributed by atoms with Gasteiger partial charge in [-0.15, -0.1) is 0 Å². The molecule has 1 aromatic carbocycles. The number of hydrogen-bond donors (Lipinski definition) is 2. The molecule has 0 aliphatic rings. The van der Waals surface area contributed by atoms with Crippen molar-refractivity contribution in [2.24, 2.45) is 0 Å². The van der Waals surface area contributed by atoms with Gasteiger partial charge in [0.1, 0.15) is 0 Å². The Bertz CT molecular complexity index is 255. The summed E-state index contributed by atoms with van der Waals surface area (Å²) < 4.78 is 0. The van der Waals surface area contributed by atoms with Crippen molar-refractivity contribution in [3.05, 3.63) is 29.8 Å². The van der Waals surface area contributed by atoms with Crippen LogP contribution >= 0.6 is 0 Å². The second-order valence-corrected chi connectivity index (χ2v) is 3.81. The Hall–Kier alpha value is -1.02. The van der Waals surface area contributed by atoms with Gasteiger partial charge in [-0.2, -0.15) is 0 Å². The van der Waals surface area contributed by atoms with Crippen LogP contribution in [0.2, 0.25) is 0 Å². The molecule has 16 heavy (non-hydrogen) atoms. The van der Waals surface area contributed by atoms with Crippen LogP contribution in [0.3, 0.4) is 0 Å². The highest BCUT2D eigenvalue weighted by Crippen LogP contribution is 2.05. The minimum atomic E-state index is 0.856. The first kappa shape index (κ1) is 15.0. The normalized spacial score (nSPS) is 9.44. The van der Waals surface area contributed by atoms with Gasteiger partial charge < -0.3 is 11.1 Å². The molecule has 0 spiro atoms. The molecule has 0 aliphatic carbocycles. The fourth-order valence-corrected chi connectivity index (χ4v) is 1.29. The molecule has 3 N–H and O–H groups in total. The zero-order valence-corrected chi connectivity index (χ0v) is 10.9. The van der Waals surface area contributed by atoms with Crippen LogP contribution in [-0.2, 0) is 6.42 Å². The van der Waals surface area contributed by atoms with Crippen molar-refractivity contribution < 1.29 is 0 Å². The van der Waals surface area contributed by atoms with Crippen molar-refractivity contribution in [1.29, 1.82) is 0 Å². The topological polar surface area (TPSA) is 38.0 Å². The summed E-state index contributed by atoms with van der Waals surface area (Å²) in [4.78, 5) is 0. The second kappa shape index (κ2) is 10.5. The summed E-state index contributed by atoms with van der Waals surface area (Å²) in [7, 11) is 0. The molecule has 0 unspecified atom stereocenters. The molecule has 0 saturated carbocycles. The summed E-state index contributed by atoms with van der Waals surface area (Å²) in [5, 5.41) is 3.25. The van der Waals surface area contributed by atoms with Crippen LogP contribution < -0.4 is 11.1 Å². The Labute approximate surface area is 100 Å². The van der Waals surface area contributed by atoms with Crippen LogP contribution in [0.25, 0.3) is 0 Å². The van der Waals surface area contributed by atoms with E-state index in [0.717, 1.165) is 18.7 Å². The van der Waals surface area contributed by atoms with Crippen molar-refractivity contribution in [3.8, 4) is 0 Å². The number of nitrogens with one attached hydrogen (secondary N) is 1. The number of aryl methyl sites for hydroxylation is 1. The Morgan fingerprint density at radius 1 is 1.19 bits per heavy atom. The number of hydrogen-bond acceptors (Lipinski definition) is 2. The predicted molar refractivity (Wildman–Crippen MR) is 73.7 cm³/mol. The first-order valence-electron chi connectivity index (χ1n) is 6.29. The molecule has 0 radical (unpaired) electrons. The van der Waals surface area contributed by atoms with Gasteiger partial charge in [0, 0.05) is 5.69 Å². The van der Waals surface area contributed by atoms with Crippen molar-refractivity contribution in [1.82, 2.24) is 5.32 Å². The van der Waals surface area contributed by atoms with Crippen LogP contribution in [0.15, 0.2) is 24.3 Å². The van der Waals surface area contributed by atoms with Gasteiger partial charge in [0.05, 0.1) is 0 Å². The number of unbranched alkanes of at least 4 members (excludes halogenated alkanes) is 1. The Kier molecular flexibility index (Phi) is 9.83.